The highest BCUT2D eigenvalue weighted by Crippen LogP contribution is 2.26. The van der Waals surface area contributed by atoms with Crippen molar-refractivity contribution >= 4 is 22.7 Å². The predicted molar refractivity (Wildman–Crippen MR) is 66.1 cm³/mol. The Morgan fingerprint density at radius 1 is 1.50 bits per heavy atom. The molecule has 0 aliphatic heterocycles. The third kappa shape index (κ3) is 2.23. The van der Waals surface area contributed by atoms with Crippen LogP contribution in [0.25, 0.3) is 11.0 Å². The smallest absolute Gasteiger partial charge is 0.169 e. The minimum absolute atomic E-state index is 0.170. The van der Waals surface area contributed by atoms with E-state index in [0.717, 1.165) is 16.9 Å². The topological polar surface area (TPSA) is 39.2 Å². The first-order chi connectivity index (χ1) is 7.72. The summed E-state index contributed by atoms with van der Waals surface area (Å²) in [5, 5.41) is 0.770. The molecule has 2 nitrogen and oxygen atoms in total. The van der Waals surface area contributed by atoms with Crippen molar-refractivity contribution in [2.75, 3.05) is 11.5 Å². The van der Waals surface area contributed by atoms with Gasteiger partial charge in [-0.25, -0.2) is 4.39 Å². The van der Waals surface area contributed by atoms with Gasteiger partial charge in [-0.2, -0.15) is 11.8 Å². The highest BCUT2D eigenvalue weighted by molar-refractivity contribution is 7.99. The van der Waals surface area contributed by atoms with Gasteiger partial charge in [-0.15, -0.1) is 0 Å². The van der Waals surface area contributed by atoms with E-state index in [-0.39, 0.29) is 11.9 Å². The second-order valence-electron chi connectivity index (χ2n) is 3.57. The van der Waals surface area contributed by atoms with Gasteiger partial charge in [-0.3, -0.25) is 0 Å². The van der Waals surface area contributed by atoms with E-state index in [4.69, 9.17) is 10.2 Å². The van der Waals surface area contributed by atoms with Crippen molar-refractivity contribution in [1.82, 2.24) is 0 Å². The molecule has 2 N–H and O–H groups in total. The van der Waals surface area contributed by atoms with E-state index in [0.29, 0.717) is 11.3 Å². The minimum Gasteiger partial charge on any atom is -0.456 e. The van der Waals surface area contributed by atoms with Crippen LogP contribution in [0.1, 0.15) is 18.7 Å². The third-order valence-corrected chi connectivity index (χ3v) is 3.39. The van der Waals surface area contributed by atoms with Gasteiger partial charge in [-0.05, 0) is 17.9 Å². The zero-order valence-electron chi connectivity index (χ0n) is 9.07. The van der Waals surface area contributed by atoms with E-state index in [1.807, 2.05) is 12.1 Å². The molecule has 0 radical (unpaired) electrons. The first-order valence-corrected chi connectivity index (χ1v) is 6.39. The van der Waals surface area contributed by atoms with Gasteiger partial charge < -0.3 is 10.2 Å². The van der Waals surface area contributed by atoms with Crippen molar-refractivity contribution in [3.63, 3.8) is 0 Å². The van der Waals surface area contributed by atoms with Crippen LogP contribution < -0.4 is 5.73 Å². The fourth-order valence-corrected chi connectivity index (χ4v) is 2.21. The van der Waals surface area contributed by atoms with Crippen molar-refractivity contribution in [1.29, 1.82) is 0 Å². The molecule has 0 bridgehead atoms. The van der Waals surface area contributed by atoms with Crippen LogP contribution in [0.4, 0.5) is 4.39 Å². The monoisotopic (exact) mass is 239 g/mol. The molecule has 0 aliphatic carbocycles. The number of rotatable bonds is 4. The van der Waals surface area contributed by atoms with Gasteiger partial charge in [0, 0.05) is 11.1 Å². The standard InChI is InChI=1S/C12H14FNOS/c1-2-16-7-10(14)11-6-8-4-3-5-9(13)12(8)15-11/h3-6,10H,2,7,14H2,1H3. The molecule has 0 fully saturated rings. The van der Waals surface area contributed by atoms with Crippen molar-refractivity contribution in [3.05, 3.63) is 35.8 Å². The normalized spacial score (nSPS) is 13.2. The number of nitrogens with two attached hydrogens (primary N) is 1. The Morgan fingerprint density at radius 2 is 2.31 bits per heavy atom. The molecule has 1 unspecified atom stereocenters. The highest BCUT2D eigenvalue weighted by Gasteiger charge is 2.13. The number of benzene rings is 1. The highest BCUT2D eigenvalue weighted by atomic mass is 32.2. The summed E-state index contributed by atoms with van der Waals surface area (Å²) in [6.45, 7) is 2.08. The van der Waals surface area contributed by atoms with E-state index in [2.05, 4.69) is 6.92 Å². The summed E-state index contributed by atoms with van der Waals surface area (Å²) in [6, 6.07) is 6.53. The minimum atomic E-state index is -0.334. The number of halogens is 1. The first-order valence-electron chi connectivity index (χ1n) is 5.23. The Hall–Kier alpha value is -1.00. The Kier molecular flexibility index (Phi) is 3.51. The molecule has 1 aromatic carbocycles. The molecule has 1 atom stereocenters. The maximum atomic E-state index is 13.4. The summed E-state index contributed by atoms with van der Waals surface area (Å²) in [6.07, 6.45) is 0. The molecule has 0 amide bonds. The SMILES string of the molecule is CCSCC(N)c1cc2cccc(F)c2o1. The molecule has 0 saturated carbocycles. The maximum absolute atomic E-state index is 13.4. The van der Waals surface area contributed by atoms with Crippen molar-refractivity contribution < 1.29 is 8.81 Å². The predicted octanol–water partition coefficient (Wildman–Crippen LogP) is 3.32. The van der Waals surface area contributed by atoms with Crippen molar-refractivity contribution in [2.24, 2.45) is 5.73 Å². The lowest BCUT2D eigenvalue weighted by Crippen LogP contribution is -2.12. The second kappa shape index (κ2) is 4.89. The van der Waals surface area contributed by atoms with Crippen LogP contribution in [0.5, 0.6) is 0 Å². The Morgan fingerprint density at radius 3 is 3.00 bits per heavy atom. The summed E-state index contributed by atoms with van der Waals surface area (Å²) in [7, 11) is 0. The van der Waals surface area contributed by atoms with Crippen molar-refractivity contribution in [3.8, 4) is 0 Å². The third-order valence-electron chi connectivity index (χ3n) is 2.38. The van der Waals surface area contributed by atoms with Gasteiger partial charge >= 0.3 is 0 Å². The first kappa shape index (κ1) is 11.5. The second-order valence-corrected chi connectivity index (χ2v) is 4.89. The number of furan rings is 1. The fraction of sp³-hybridized carbons (Fsp3) is 0.333. The molecule has 2 aromatic rings. The van der Waals surface area contributed by atoms with Crippen LogP contribution in [-0.4, -0.2) is 11.5 Å². The van der Waals surface area contributed by atoms with Crippen LogP contribution >= 0.6 is 11.8 Å². The van der Waals surface area contributed by atoms with Gasteiger partial charge in [0.1, 0.15) is 5.76 Å². The molecule has 4 heteroatoms. The lowest BCUT2D eigenvalue weighted by Gasteiger charge is -2.06. The average Bonchev–Trinajstić information content (AvgIpc) is 2.71. The molecule has 1 heterocycles. The van der Waals surface area contributed by atoms with Crippen LogP contribution in [0.3, 0.4) is 0 Å². The lowest BCUT2D eigenvalue weighted by atomic mass is 10.2. The van der Waals surface area contributed by atoms with Gasteiger partial charge in [0.2, 0.25) is 0 Å². The van der Waals surface area contributed by atoms with Crippen LogP contribution in [0.2, 0.25) is 0 Å². The van der Waals surface area contributed by atoms with E-state index in [1.165, 1.54) is 6.07 Å². The van der Waals surface area contributed by atoms with E-state index in [1.54, 1.807) is 17.8 Å². The Balaban J connectivity index is 2.29. The lowest BCUT2D eigenvalue weighted by molar-refractivity contribution is 0.495. The van der Waals surface area contributed by atoms with Crippen LogP contribution in [-0.2, 0) is 0 Å². The van der Waals surface area contributed by atoms with Crippen LogP contribution in [0.15, 0.2) is 28.7 Å². The summed E-state index contributed by atoms with van der Waals surface area (Å²) in [5.41, 5.74) is 6.26. The number of para-hydroxylation sites is 1. The molecule has 0 saturated heterocycles. The molecular formula is C12H14FNOS. The van der Waals surface area contributed by atoms with Gasteiger partial charge in [0.15, 0.2) is 11.4 Å². The van der Waals surface area contributed by atoms with E-state index >= 15 is 0 Å². The van der Waals surface area contributed by atoms with E-state index in [9.17, 15) is 4.39 Å². The number of thioether (sulfide) groups is 1. The van der Waals surface area contributed by atoms with E-state index < -0.39 is 0 Å². The molecule has 2 rings (SSSR count). The zero-order valence-corrected chi connectivity index (χ0v) is 9.89. The molecule has 0 spiro atoms. The summed E-state index contributed by atoms with van der Waals surface area (Å²) in [5.74, 6) is 2.13. The largest absolute Gasteiger partial charge is 0.456 e. The molecule has 0 aliphatic rings. The maximum Gasteiger partial charge on any atom is 0.169 e. The summed E-state index contributed by atoms with van der Waals surface area (Å²) in [4.78, 5) is 0. The fourth-order valence-electron chi connectivity index (χ4n) is 1.56. The summed E-state index contributed by atoms with van der Waals surface area (Å²) < 4.78 is 18.8. The molecule has 86 valence electrons. The average molecular weight is 239 g/mol. The van der Waals surface area contributed by atoms with Crippen molar-refractivity contribution in [2.45, 2.75) is 13.0 Å². The van der Waals surface area contributed by atoms with Crippen LogP contribution in [0, 0.1) is 5.82 Å². The number of hydrogen-bond donors (Lipinski definition) is 1. The van der Waals surface area contributed by atoms with Gasteiger partial charge in [0.05, 0.1) is 6.04 Å². The molecule has 1 aromatic heterocycles. The zero-order chi connectivity index (χ0) is 11.5. The van der Waals surface area contributed by atoms with Gasteiger partial charge in [0.25, 0.3) is 0 Å². The molecule has 16 heavy (non-hydrogen) atoms. The summed E-state index contributed by atoms with van der Waals surface area (Å²) >= 11 is 1.75. The molecular weight excluding hydrogens is 225 g/mol. The quantitative estimate of drug-likeness (QED) is 0.889. The number of hydrogen-bond acceptors (Lipinski definition) is 3. The number of fused-ring (bicyclic) bond motifs is 1. The Labute approximate surface area is 98.0 Å². The van der Waals surface area contributed by atoms with Gasteiger partial charge in [-0.1, -0.05) is 19.1 Å². The Bertz CT molecular complexity index is 483.